The molecule has 0 radical (unpaired) electrons. The first-order valence-electron chi connectivity index (χ1n) is 6.26. The molecule has 0 aliphatic heterocycles. The number of halogens is 2. The van der Waals surface area contributed by atoms with Gasteiger partial charge in [-0.3, -0.25) is 0 Å². The van der Waals surface area contributed by atoms with Gasteiger partial charge in [0.25, 0.3) is 0 Å². The zero-order chi connectivity index (χ0) is 13.8. The molecule has 1 heterocycles. The molecule has 1 N–H and O–H groups in total. The van der Waals surface area contributed by atoms with E-state index >= 15 is 0 Å². The van der Waals surface area contributed by atoms with Crippen LogP contribution in [0.2, 0.25) is 5.02 Å². The average Bonchev–Trinajstić information content (AvgIpc) is 2.79. The first kappa shape index (κ1) is 14.0. The van der Waals surface area contributed by atoms with E-state index in [1.54, 1.807) is 24.7 Å². The lowest BCUT2D eigenvalue weighted by Crippen LogP contribution is -2.25. The zero-order valence-electron chi connectivity index (χ0n) is 11.0. The lowest BCUT2D eigenvalue weighted by molar-refractivity contribution is 0.505. The second-order valence-corrected chi connectivity index (χ2v) is 4.85. The van der Waals surface area contributed by atoms with Gasteiger partial charge >= 0.3 is 0 Å². The molecular formula is C14H17ClFN3. The van der Waals surface area contributed by atoms with E-state index in [-0.39, 0.29) is 11.9 Å². The highest BCUT2D eigenvalue weighted by Gasteiger charge is 2.18. The van der Waals surface area contributed by atoms with Crippen LogP contribution in [0.15, 0.2) is 30.7 Å². The minimum absolute atomic E-state index is 0.00750. The molecule has 2 aromatic rings. The van der Waals surface area contributed by atoms with Crippen LogP contribution in [0.1, 0.15) is 24.2 Å². The number of imidazole rings is 1. The third-order valence-corrected chi connectivity index (χ3v) is 3.49. The SMILES string of the molecule is CCNC(Cc1c(F)cccc1Cl)c1cncn1C. The number of rotatable bonds is 5. The number of likely N-dealkylation sites (N-methyl/N-ethyl adjacent to an activating group) is 1. The summed E-state index contributed by atoms with van der Waals surface area (Å²) in [5, 5.41) is 3.81. The molecule has 0 amide bonds. The Morgan fingerprint density at radius 3 is 2.84 bits per heavy atom. The molecule has 19 heavy (non-hydrogen) atoms. The summed E-state index contributed by atoms with van der Waals surface area (Å²) in [6.07, 6.45) is 4.03. The minimum Gasteiger partial charge on any atom is -0.336 e. The van der Waals surface area contributed by atoms with Crippen molar-refractivity contribution in [2.45, 2.75) is 19.4 Å². The predicted molar refractivity (Wildman–Crippen MR) is 74.7 cm³/mol. The summed E-state index contributed by atoms with van der Waals surface area (Å²) < 4.78 is 15.8. The molecule has 1 aromatic carbocycles. The number of benzene rings is 1. The van der Waals surface area contributed by atoms with Crippen LogP contribution in [0.5, 0.6) is 0 Å². The summed E-state index contributed by atoms with van der Waals surface area (Å²) in [6.45, 7) is 2.81. The molecule has 0 saturated heterocycles. The molecule has 1 aromatic heterocycles. The van der Waals surface area contributed by atoms with Crippen LogP contribution < -0.4 is 5.32 Å². The van der Waals surface area contributed by atoms with E-state index in [9.17, 15) is 4.39 Å². The molecule has 0 saturated carbocycles. The predicted octanol–water partition coefficient (Wildman–Crippen LogP) is 3.11. The lowest BCUT2D eigenvalue weighted by atomic mass is 10.0. The van der Waals surface area contributed by atoms with Gasteiger partial charge in [-0.05, 0) is 25.1 Å². The van der Waals surface area contributed by atoms with Gasteiger partial charge in [-0.1, -0.05) is 24.6 Å². The number of hydrogen-bond acceptors (Lipinski definition) is 2. The van der Waals surface area contributed by atoms with E-state index in [1.807, 2.05) is 18.5 Å². The van der Waals surface area contributed by atoms with Gasteiger partial charge < -0.3 is 9.88 Å². The van der Waals surface area contributed by atoms with Gasteiger partial charge in [0.1, 0.15) is 5.82 Å². The van der Waals surface area contributed by atoms with Crippen LogP contribution in [0.25, 0.3) is 0 Å². The summed E-state index contributed by atoms with van der Waals surface area (Å²) in [5.74, 6) is -0.266. The van der Waals surface area contributed by atoms with Crippen LogP contribution in [-0.4, -0.2) is 16.1 Å². The lowest BCUT2D eigenvalue weighted by Gasteiger charge is -2.19. The Labute approximate surface area is 117 Å². The van der Waals surface area contributed by atoms with Crippen molar-refractivity contribution < 1.29 is 4.39 Å². The summed E-state index contributed by atoms with van der Waals surface area (Å²) in [7, 11) is 1.93. The highest BCUT2D eigenvalue weighted by Crippen LogP contribution is 2.25. The van der Waals surface area contributed by atoms with E-state index < -0.39 is 0 Å². The number of aromatic nitrogens is 2. The van der Waals surface area contributed by atoms with Gasteiger partial charge in [-0.2, -0.15) is 0 Å². The third kappa shape index (κ3) is 3.14. The number of hydrogen-bond donors (Lipinski definition) is 1. The van der Waals surface area contributed by atoms with Gasteiger partial charge in [0.2, 0.25) is 0 Å². The minimum atomic E-state index is -0.266. The van der Waals surface area contributed by atoms with Crippen molar-refractivity contribution in [3.05, 3.63) is 52.8 Å². The van der Waals surface area contributed by atoms with Gasteiger partial charge in [0.15, 0.2) is 0 Å². The monoisotopic (exact) mass is 281 g/mol. The molecular weight excluding hydrogens is 265 g/mol. The normalized spacial score (nSPS) is 12.6. The number of nitrogens with one attached hydrogen (secondary N) is 1. The summed E-state index contributed by atoms with van der Waals surface area (Å²) in [6, 6.07) is 4.76. The standard InChI is InChI=1S/C14H17ClFN3/c1-3-18-13(14-8-17-9-19(14)2)7-10-11(15)5-4-6-12(10)16/h4-6,8-9,13,18H,3,7H2,1-2H3. The maximum absolute atomic E-state index is 13.9. The first-order chi connectivity index (χ1) is 9.13. The van der Waals surface area contributed by atoms with E-state index in [1.165, 1.54) is 6.07 Å². The Balaban J connectivity index is 2.29. The molecule has 1 atom stereocenters. The fourth-order valence-electron chi connectivity index (χ4n) is 2.16. The Kier molecular flexibility index (Phi) is 4.56. The van der Waals surface area contributed by atoms with Crippen molar-refractivity contribution in [1.29, 1.82) is 0 Å². The van der Waals surface area contributed by atoms with Crippen molar-refractivity contribution in [2.24, 2.45) is 7.05 Å². The maximum Gasteiger partial charge on any atom is 0.127 e. The number of nitrogens with zero attached hydrogens (tertiary/aromatic N) is 2. The highest BCUT2D eigenvalue weighted by atomic mass is 35.5. The van der Waals surface area contributed by atoms with E-state index in [0.29, 0.717) is 17.0 Å². The first-order valence-corrected chi connectivity index (χ1v) is 6.63. The van der Waals surface area contributed by atoms with Gasteiger partial charge in [-0.15, -0.1) is 0 Å². The largest absolute Gasteiger partial charge is 0.336 e. The molecule has 1 unspecified atom stereocenters. The molecule has 0 aliphatic carbocycles. The van der Waals surface area contributed by atoms with Gasteiger partial charge in [0.05, 0.1) is 18.1 Å². The highest BCUT2D eigenvalue weighted by molar-refractivity contribution is 6.31. The van der Waals surface area contributed by atoms with Crippen molar-refractivity contribution >= 4 is 11.6 Å². The van der Waals surface area contributed by atoms with Crippen LogP contribution in [0.4, 0.5) is 4.39 Å². The third-order valence-electron chi connectivity index (χ3n) is 3.13. The number of aryl methyl sites for hydroxylation is 1. The van der Waals surface area contributed by atoms with Crippen LogP contribution in [0, 0.1) is 5.82 Å². The smallest absolute Gasteiger partial charge is 0.127 e. The maximum atomic E-state index is 13.9. The zero-order valence-corrected chi connectivity index (χ0v) is 11.8. The quantitative estimate of drug-likeness (QED) is 0.913. The molecule has 0 bridgehead atoms. The van der Waals surface area contributed by atoms with Crippen molar-refractivity contribution in [3.63, 3.8) is 0 Å². The molecule has 102 valence electrons. The fourth-order valence-corrected chi connectivity index (χ4v) is 2.40. The molecule has 0 aliphatic rings. The fraction of sp³-hybridized carbons (Fsp3) is 0.357. The Hall–Kier alpha value is -1.39. The van der Waals surface area contributed by atoms with E-state index in [4.69, 9.17) is 11.6 Å². The molecule has 5 heteroatoms. The van der Waals surface area contributed by atoms with Crippen molar-refractivity contribution in [2.75, 3.05) is 6.54 Å². The average molecular weight is 282 g/mol. The summed E-state index contributed by atoms with van der Waals surface area (Å²) in [5.41, 5.74) is 1.55. The molecule has 3 nitrogen and oxygen atoms in total. The Bertz CT molecular complexity index is 533. The van der Waals surface area contributed by atoms with Crippen molar-refractivity contribution in [1.82, 2.24) is 14.9 Å². The van der Waals surface area contributed by atoms with Gasteiger partial charge in [0, 0.05) is 23.8 Å². The second-order valence-electron chi connectivity index (χ2n) is 4.44. The Morgan fingerprint density at radius 2 is 2.26 bits per heavy atom. The van der Waals surface area contributed by atoms with Crippen LogP contribution >= 0.6 is 11.6 Å². The van der Waals surface area contributed by atoms with Crippen molar-refractivity contribution in [3.8, 4) is 0 Å². The Morgan fingerprint density at radius 1 is 1.47 bits per heavy atom. The van der Waals surface area contributed by atoms with Crippen LogP contribution in [-0.2, 0) is 13.5 Å². The van der Waals surface area contributed by atoms with E-state index in [2.05, 4.69) is 10.3 Å². The molecule has 2 rings (SSSR count). The second kappa shape index (κ2) is 6.17. The van der Waals surface area contributed by atoms with Crippen LogP contribution in [0.3, 0.4) is 0 Å². The summed E-state index contributed by atoms with van der Waals surface area (Å²) >= 11 is 6.08. The van der Waals surface area contributed by atoms with E-state index in [0.717, 1.165) is 12.2 Å². The summed E-state index contributed by atoms with van der Waals surface area (Å²) in [4.78, 5) is 4.11. The topological polar surface area (TPSA) is 29.9 Å². The molecule has 0 spiro atoms. The molecule has 0 fully saturated rings. The van der Waals surface area contributed by atoms with Gasteiger partial charge in [-0.25, -0.2) is 9.37 Å².